The Bertz CT molecular complexity index is 3140. The average Bonchev–Trinajstić information content (AvgIpc) is 4.24. The number of nitrogens with zero attached hydrogens (tertiary/aromatic N) is 6. The highest BCUT2D eigenvalue weighted by Crippen LogP contribution is 2.35. The SMILES string of the molecule is CCN(c1cc(-c2ccc(-c3cn(CCOCCOCC(=O)N[C@H](C(=O)N4CCC[C@H]4C(=O)N[C@@H](C)c4ccc(-c5scnc5C)cc4)C(C)(C)C)nn3)cc2)cc(C(=O)NCc2c(C)cc(C)[nH]c2=O)c1C)C1CCOCC1. The van der Waals surface area contributed by atoms with Crippen LogP contribution in [0.1, 0.15) is 110 Å². The summed E-state index contributed by atoms with van der Waals surface area (Å²) in [5, 5.41) is 17.8. The van der Waals surface area contributed by atoms with E-state index >= 15 is 0 Å². The summed E-state index contributed by atoms with van der Waals surface area (Å²) >= 11 is 1.59. The molecular formula is C60H76N10O8S. The lowest BCUT2D eigenvalue weighted by Gasteiger charge is -2.37. The van der Waals surface area contributed by atoms with Gasteiger partial charge in [-0.15, -0.1) is 16.4 Å². The van der Waals surface area contributed by atoms with E-state index in [2.05, 4.69) is 54.1 Å². The first-order chi connectivity index (χ1) is 37.9. The van der Waals surface area contributed by atoms with Gasteiger partial charge in [-0.2, -0.15) is 0 Å². The fourth-order valence-corrected chi connectivity index (χ4v) is 11.3. The largest absolute Gasteiger partial charge is 0.381 e. The molecule has 0 radical (unpaired) electrons. The van der Waals surface area contributed by atoms with Crippen LogP contribution in [0, 0.1) is 33.1 Å². The van der Waals surface area contributed by atoms with Crippen molar-refractivity contribution in [1.29, 1.82) is 0 Å². The van der Waals surface area contributed by atoms with E-state index in [1.807, 2.05) is 128 Å². The summed E-state index contributed by atoms with van der Waals surface area (Å²) in [7, 11) is 0. The second-order valence-electron chi connectivity index (χ2n) is 21.7. The number of pyridine rings is 1. The molecular weight excluding hydrogens is 1020 g/mol. The van der Waals surface area contributed by atoms with Crippen LogP contribution in [0.15, 0.2) is 83.2 Å². The van der Waals surface area contributed by atoms with Crippen molar-refractivity contribution in [2.45, 2.75) is 125 Å². The van der Waals surface area contributed by atoms with Crippen molar-refractivity contribution in [2.75, 3.05) is 57.6 Å². The quantitative estimate of drug-likeness (QED) is 0.0476. The van der Waals surface area contributed by atoms with E-state index in [9.17, 15) is 24.0 Å². The number of amides is 4. The molecule has 6 aromatic rings. The highest BCUT2D eigenvalue weighted by molar-refractivity contribution is 7.13. The number of nitrogens with one attached hydrogen (secondary N) is 4. The first-order valence-electron chi connectivity index (χ1n) is 27.4. The Morgan fingerprint density at radius 2 is 1.59 bits per heavy atom. The van der Waals surface area contributed by atoms with Gasteiger partial charge in [-0.3, -0.25) is 24.0 Å². The number of likely N-dealkylation sites (tertiary alicyclic amines) is 1. The molecule has 0 aliphatic carbocycles. The fraction of sp³-hybridized carbons (Fsp3) is 0.467. The Balaban J connectivity index is 0.805. The minimum absolute atomic E-state index is 0.107. The third-order valence-electron chi connectivity index (χ3n) is 15.0. The third kappa shape index (κ3) is 14.4. The van der Waals surface area contributed by atoms with Crippen LogP contribution >= 0.6 is 11.3 Å². The van der Waals surface area contributed by atoms with Crippen molar-refractivity contribution in [1.82, 2.24) is 45.8 Å². The van der Waals surface area contributed by atoms with Gasteiger partial charge >= 0.3 is 0 Å². The van der Waals surface area contributed by atoms with Crippen LogP contribution in [0.2, 0.25) is 0 Å². The molecule has 0 spiro atoms. The van der Waals surface area contributed by atoms with E-state index in [-0.39, 0.29) is 61.7 Å². The zero-order valence-electron chi connectivity index (χ0n) is 47.1. The number of aromatic amines is 1. The van der Waals surface area contributed by atoms with E-state index in [0.717, 1.165) is 80.3 Å². The van der Waals surface area contributed by atoms with Crippen LogP contribution in [0.5, 0.6) is 0 Å². The fourth-order valence-electron chi connectivity index (χ4n) is 10.5. The number of aryl methyl sites for hydroxylation is 3. The Labute approximate surface area is 467 Å². The Morgan fingerprint density at radius 1 is 0.886 bits per heavy atom. The predicted octanol–water partition coefficient (Wildman–Crippen LogP) is 8.03. The van der Waals surface area contributed by atoms with Gasteiger partial charge in [0.25, 0.3) is 11.5 Å². The number of hydrogen-bond acceptors (Lipinski definition) is 13. The molecule has 0 unspecified atom stereocenters. The molecule has 5 heterocycles. The lowest BCUT2D eigenvalue weighted by Crippen LogP contribution is -2.58. The maximum atomic E-state index is 14.1. The summed E-state index contributed by atoms with van der Waals surface area (Å²) in [4.78, 5) is 80.1. The second-order valence-corrected chi connectivity index (χ2v) is 22.6. The van der Waals surface area contributed by atoms with Gasteiger partial charge in [0.05, 0.1) is 54.7 Å². The maximum Gasteiger partial charge on any atom is 0.253 e. The molecule has 4 N–H and O–H groups in total. The average molecular weight is 1100 g/mol. The summed E-state index contributed by atoms with van der Waals surface area (Å²) in [6.07, 6.45) is 4.87. The topological polar surface area (TPSA) is 215 Å². The number of benzene rings is 3. The van der Waals surface area contributed by atoms with Crippen molar-refractivity contribution in [3.05, 3.63) is 128 Å². The summed E-state index contributed by atoms with van der Waals surface area (Å²) in [6.45, 7) is 21.0. The molecule has 3 aromatic carbocycles. The molecule has 18 nitrogen and oxygen atoms in total. The number of hydrogen-bond donors (Lipinski definition) is 4. The Kier molecular flexibility index (Phi) is 19.3. The smallest absolute Gasteiger partial charge is 0.253 e. The Hall–Kier alpha value is -7.06. The summed E-state index contributed by atoms with van der Waals surface area (Å²) in [6, 6.07) is 20.6. The van der Waals surface area contributed by atoms with Crippen LogP contribution < -0.4 is 26.4 Å². The minimum Gasteiger partial charge on any atom is -0.381 e. The van der Waals surface area contributed by atoms with Gasteiger partial charge in [-0.05, 0) is 124 Å². The minimum atomic E-state index is -0.872. The van der Waals surface area contributed by atoms with Crippen LogP contribution in [0.25, 0.3) is 32.8 Å². The van der Waals surface area contributed by atoms with Crippen LogP contribution in [-0.4, -0.2) is 124 Å². The zero-order chi connectivity index (χ0) is 56.4. The zero-order valence-corrected chi connectivity index (χ0v) is 47.9. The van der Waals surface area contributed by atoms with E-state index in [1.165, 1.54) is 0 Å². The van der Waals surface area contributed by atoms with Gasteiger partial charge in [0.2, 0.25) is 17.7 Å². The number of ether oxygens (including phenoxy) is 3. The van der Waals surface area contributed by atoms with Crippen molar-refractivity contribution >= 4 is 40.7 Å². The van der Waals surface area contributed by atoms with E-state index in [1.54, 1.807) is 20.9 Å². The number of thiazole rings is 1. The van der Waals surface area contributed by atoms with Gasteiger partial charge in [-0.1, -0.05) is 74.5 Å². The molecule has 2 aliphatic rings. The molecule has 0 bridgehead atoms. The van der Waals surface area contributed by atoms with Gasteiger partial charge < -0.3 is 44.9 Å². The van der Waals surface area contributed by atoms with E-state index in [4.69, 9.17) is 14.2 Å². The van der Waals surface area contributed by atoms with Gasteiger partial charge in [0, 0.05) is 67.0 Å². The van der Waals surface area contributed by atoms with Gasteiger partial charge in [-0.25, -0.2) is 9.67 Å². The highest BCUT2D eigenvalue weighted by atomic mass is 32.1. The van der Waals surface area contributed by atoms with E-state index < -0.39 is 23.4 Å². The molecule has 0 saturated carbocycles. The third-order valence-corrected chi connectivity index (χ3v) is 16.0. The molecule has 420 valence electrons. The van der Waals surface area contributed by atoms with Crippen LogP contribution in [0.4, 0.5) is 5.69 Å². The molecule has 3 atom stereocenters. The summed E-state index contributed by atoms with van der Waals surface area (Å²) in [5.74, 6) is -1.20. The molecule has 2 fully saturated rings. The molecule has 4 amide bonds. The lowest BCUT2D eigenvalue weighted by molar-refractivity contribution is -0.144. The number of aromatic nitrogens is 5. The first kappa shape index (κ1) is 58.1. The monoisotopic (exact) mass is 1100 g/mol. The molecule has 79 heavy (non-hydrogen) atoms. The van der Waals surface area contributed by atoms with Gasteiger partial charge in [0.1, 0.15) is 24.4 Å². The number of anilines is 1. The lowest BCUT2D eigenvalue weighted by atomic mass is 9.85. The summed E-state index contributed by atoms with van der Waals surface area (Å²) < 4.78 is 18.9. The van der Waals surface area contributed by atoms with Crippen LogP contribution in [0.3, 0.4) is 0 Å². The second kappa shape index (κ2) is 26.3. The van der Waals surface area contributed by atoms with Crippen molar-refractivity contribution < 1.29 is 33.4 Å². The standard InChI is InChI=1S/C60H76N10O8S/c1-10-69(47-21-25-76-26-22-47)52-32-46(31-48(39(52)4)56(72)61-33-49-37(2)30-38(3)63-57(49)73)43-15-17-44(18-16-43)50-34-68(67-66-50)24-27-77-28-29-78-35-53(71)65-55(60(7,8)9)59(75)70-23-11-12-51(70)58(74)64-40(5)42-13-19-45(20-14-42)54-41(6)62-36-79-54/h13-20,30-32,34,36,40,47,51,55H,10-12,21-29,33,35H2,1-9H3,(H,61,72)(H,63,73)(H,64,74)(H,65,71)/t40-,51-,55+/m0/s1. The van der Waals surface area contributed by atoms with Crippen molar-refractivity contribution in [2.24, 2.45) is 5.41 Å². The van der Waals surface area contributed by atoms with Crippen molar-refractivity contribution in [3.8, 4) is 32.8 Å². The van der Waals surface area contributed by atoms with Crippen LogP contribution in [-0.2, 0) is 41.7 Å². The molecule has 3 aromatic heterocycles. The summed E-state index contributed by atoms with van der Waals surface area (Å²) in [5.41, 5.74) is 11.9. The van der Waals surface area contributed by atoms with Crippen molar-refractivity contribution in [3.63, 3.8) is 0 Å². The number of carbonyl (C=O) groups is 4. The van der Waals surface area contributed by atoms with Gasteiger partial charge in [0.15, 0.2) is 0 Å². The molecule has 2 aliphatic heterocycles. The molecule has 2 saturated heterocycles. The Morgan fingerprint density at radius 3 is 2.28 bits per heavy atom. The predicted molar refractivity (Wildman–Crippen MR) is 307 cm³/mol. The normalized spacial score (nSPS) is 15.7. The molecule has 19 heteroatoms. The number of H-pyrrole nitrogens is 1. The number of rotatable bonds is 22. The highest BCUT2D eigenvalue weighted by Gasteiger charge is 2.42. The first-order valence-corrected chi connectivity index (χ1v) is 28.3. The maximum absolute atomic E-state index is 14.1. The van der Waals surface area contributed by atoms with E-state index in [0.29, 0.717) is 62.6 Å². The molecule has 8 rings (SSSR count). The number of carbonyl (C=O) groups excluding carboxylic acids is 4.